The van der Waals surface area contributed by atoms with Gasteiger partial charge in [0.1, 0.15) is 11.6 Å². The van der Waals surface area contributed by atoms with E-state index < -0.39 is 23.7 Å². The van der Waals surface area contributed by atoms with Gasteiger partial charge in [-0.15, -0.1) is 0 Å². The quantitative estimate of drug-likeness (QED) is 0.585. The lowest BCUT2D eigenvalue weighted by Gasteiger charge is -2.53. The van der Waals surface area contributed by atoms with Gasteiger partial charge in [0.05, 0.1) is 7.11 Å². The Morgan fingerprint density at radius 2 is 1.96 bits per heavy atom. The third-order valence-corrected chi connectivity index (χ3v) is 6.27. The average Bonchev–Trinajstić information content (AvgIpc) is 2.55. The van der Waals surface area contributed by atoms with Gasteiger partial charge in [0.2, 0.25) is 0 Å². The Hall–Kier alpha value is -1.27. The van der Waals surface area contributed by atoms with Crippen molar-refractivity contribution in [3.8, 4) is 0 Å². The second-order valence-corrected chi connectivity index (χ2v) is 9.66. The second-order valence-electron chi connectivity index (χ2n) is 8.34. The van der Waals surface area contributed by atoms with Gasteiger partial charge < -0.3 is 9.47 Å². The molecule has 1 aromatic carbocycles. The Morgan fingerprint density at radius 3 is 2.56 bits per heavy atom. The van der Waals surface area contributed by atoms with E-state index in [2.05, 4.69) is 15.9 Å². The fourth-order valence-corrected chi connectivity index (χ4v) is 5.00. The fraction of sp³-hybridized carbons (Fsp3) is 0.600. The fourth-order valence-electron chi connectivity index (χ4n) is 4.18. The molecule has 3 rings (SSSR count). The molecule has 7 heteroatoms. The summed E-state index contributed by atoms with van der Waals surface area (Å²) in [5, 5.41) is 0.733. The molecule has 3 unspecified atom stereocenters. The Morgan fingerprint density at radius 1 is 1.26 bits per heavy atom. The minimum atomic E-state index is -0.622. The zero-order valence-corrected chi connectivity index (χ0v) is 18.3. The summed E-state index contributed by atoms with van der Waals surface area (Å²) >= 11 is 9.88. The molecule has 2 fully saturated rings. The molecule has 5 nitrogen and oxygen atoms in total. The lowest BCUT2D eigenvalue weighted by molar-refractivity contribution is -0.152. The number of hydrogen-bond donors (Lipinski definition) is 0. The van der Waals surface area contributed by atoms with Gasteiger partial charge in [0.25, 0.3) is 0 Å². The first-order chi connectivity index (χ1) is 12.6. The molecular weight excluding hydrogens is 434 g/mol. The maximum absolute atomic E-state index is 12.6. The molecule has 1 heterocycles. The van der Waals surface area contributed by atoms with Crippen molar-refractivity contribution >= 4 is 39.6 Å². The molecule has 1 saturated heterocycles. The van der Waals surface area contributed by atoms with Crippen LogP contribution in [-0.2, 0) is 14.3 Å². The molecular formula is C20H25BrClNO4. The molecule has 1 aromatic rings. The van der Waals surface area contributed by atoms with Crippen molar-refractivity contribution in [1.82, 2.24) is 4.90 Å². The highest BCUT2D eigenvalue weighted by molar-refractivity contribution is 9.10. The maximum Gasteiger partial charge on any atom is 0.411 e. The van der Waals surface area contributed by atoms with Crippen LogP contribution >= 0.6 is 27.5 Å². The van der Waals surface area contributed by atoms with Crippen LogP contribution in [0.2, 0.25) is 5.02 Å². The number of hydrogen-bond acceptors (Lipinski definition) is 4. The summed E-state index contributed by atoms with van der Waals surface area (Å²) in [5.74, 6) is 0.532. The summed E-state index contributed by atoms with van der Waals surface area (Å²) in [6, 6.07) is 5.31. The maximum atomic E-state index is 12.6. The Labute approximate surface area is 173 Å². The van der Waals surface area contributed by atoms with Gasteiger partial charge in [-0.1, -0.05) is 33.6 Å². The summed E-state index contributed by atoms with van der Waals surface area (Å²) in [6.45, 7) is 5.96. The number of ether oxygens (including phenoxy) is 2. The third kappa shape index (κ3) is 4.27. The van der Waals surface area contributed by atoms with E-state index in [0.29, 0.717) is 30.7 Å². The molecule has 148 valence electrons. The van der Waals surface area contributed by atoms with Crippen LogP contribution in [0, 0.1) is 11.8 Å². The normalized spacial score (nSPS) is 27.4. The van der Waals surface area contributed by atoms with Crippen molar-refractivity contribution in [1.29, 1.82) is 0 Å². The first-order valence-corrected chi connectivity index (χ1v) is 10.3. The highest BCUT2D eigenvalue weighted by Crippen LogP contribution is 2.54. The first-order valence-electron chi connectivity index (χ1n) is 9.13. The number of rotatable bonds is 2. The van der Waals surface area contributed by atoms with Crippen LogP contribution < -0.4 is 0 Å². The topological polar surface area (TPSA) is 55.8 Å². The summed E-state index contributed by atoms with van der Waals surface area (Å²) in [7, 11) is 1.35. The molecule has 4 atom stereocenters. The minimum absolute atomic E-state index is 0.295. The SMILES string of the molecule is COC(=O)[C@@H]1CC2C(CC2c2ccc(Br)cc2Cl)CN1C(=O)OC(C)(C)C. The predicted octanol–water partition coefficient (Wildman–Crippen LogP) is 5.00. The van der Waals surface area contributed by atoms with E-state index in [1.54, 1.807) is 0 Å². The number of carbonyl (C=O) groups is 2. The number of methoxy groups -OCH3 is 1. The van der Waals surface area contributed by atoms with Crippen LogP contribution in [0.25, 0.3) is 0 Å². The number of halogens is 2. The number of fused-ring (bicyclic) bond motifs is 1. The van der Waals surface area contributed by atoms with Crippen molar-refractivity contribution in [2.45, 2.75) is 51.2 Å². The van der Waals surface area contributed by atoms with E-state index in [1.807, 2.05) is 39.0 Å². The van der Waals surface area contributed by atoms with Crippen LogP contribution in [-0.4, -0.2) is 42.3 Å². The summed E-state index contributed by atoms with van der Waals surface area (Å²) in [5.41, 5.74) is 0.497. The Kier molecular flexibility index (Phi) is 5.78. The van der Waals surface area contributed by atoms with Gasteiger partial charge in [0.15, 0.2) is 0 Å². The van der Waals surface area contributed by atoms with E-state index >= 15 is 0 Å². The number of likely N-dealkylation sites (tertiary alicyclic amines) is 1. The van der Waals surface area contributed by atoms with Crippen LogP contribution in [0.1, 0.15) is 45.1 Å². The zero-order chi connectivity index (χ0) is 19.9. The Bertz CT molecular complexity index is 748. The van der Waals surface area contributed by atoms with Crippen LogP contribution in [0.5, 0.6) is 0 Å². The molecule has 27 heavy (non-hydrogen) atoms. The zero-order valence-electron chi connectivity index (χ0n) is 16.0. The van der Waals surface area contributed by atoms with Crippen molar-refractivity contribution in [2.24, 2.45) is 11.8 Å². The number of carbonyl (C=O) groups excluding carboxylic acids is 2. The van der Waals surface area contributed by atoms with Crippen LogP contribution in [0.4, 0.5) is 4.79 Å². The minimum Gasteiger partial charge on any atom is -0.467 e. The van der Waals surface area contributed by atoms with Gasteiger partial charge in [-0.2, -0.15) is 0 Å². The van der Waals surface area contributed by atoms with Crippen LogP contribution in [0.3, 0.4) is 0 Å². The van der Waals surface area contributed by atoms with Crippen molar-refractivity contribution in [2.75, 3.05) is 13.7 Å². The number of esters is 1. The van der Waals surface area contributed by atoms with Crippen molar-refractivity contribution in [3.05, 3.63) is 33.3 Å². The average molecular weight is 459 g/mol. The Balaban J connectivity index is 1.79. The molecule has 1 aliphatic carbocycles. The van der Waals surface area contributed by atoms with Gasteiger partial charge in [-0.25, -0.2) is 9.59 Å². The van der Waals surface area contributed by atoms with Gasteiger partial charge in [-0.05, 0) is 69.1 Å². The molecule has 0 N–H and O–H groups in total. The van der Waals surface area contributed by atoms with E-state index in [1.165, 1.54) is 12.0 Å². The predicted molar refractivity (Wildman–Crippen MR) is 107 cm³/mol. The molecule has 2 aliphatic rings. The van der Waals surface area contributed by atoms with E-state index in [-0.39, 0.29) is 0 Å². The highest BCUT2D eigenvalue weighted by atomic mass is 79.9. The summed E-state index contributed by atoms with van der Waals surface area (Å²) < 4.78 is 11.4. The largest absolute Gasteiger partial charge is 0.467 e. The molecule has 1 amide bonds. The second kappa shape index (κ2) is 7.63. The third-order valence-electron chi connectivity index (χ3n) is 5.45. The van der Waals surface area contributed by atoms with E-state index in [9.17, 15) is 9.59 Å². The first kappa shape index (κ1) is 20.5. The molecule has 0 radical (unpaired) electrons. The molecule has 1 saturated carbocycles. The van der Waals surface area contributed by atoms with E-state index in [4.69, 9.17) is 21.1 Å². The van der Waals surface area contributed by atoms with E-state index in [0.717, 1.165) is 21.5 Å². The highest BCUT2D eigenvalue weighted by Gasteiger charge is 2.52. The summed E-state index contributed by atoms with van der Waals surface area (Å²) in [6.07, 6.45) is 1.05. The van der Waals surface area contributed by atoms with Gasteiger partial charge in [0, 0.05) is 16.0 Å². The monoisotopic (exact) mass is 457 g/mol. The molecule has 0 bridgehead atoms. The summed E-state index contributed by atoms with van der Waals surface area (Å²) in [4.78, 5) is 26.5. The number of amides is 1. The number of piperidine rings is 1. The lowest BCUT2D eigenvalue weighted by Crippen LogP contribution is -2.59. The van der Waals surface area contributed by atoms with Gasteiger partial charge >= 0.3 is 12.1 Å². The smallest absolute Gasteiger partial charge is 0.411 e. The molecule has 1 aliphatic heterocycles. The number of nitrogens with zero attached hydrogens (tertiary/aromatic N) is 1. The molecule has 0 aromatic heterocycles. The van der Waals surface area contributed by atoms with Gasteiger partial charge in [-0.3, -0.25) is 4.90 Å². The van der Waals surface area contributed by atoms with Crippen molar-refractivity contribution < 1.29 is 19.1 Å². The van der Waals surface area contributed by atoms with Crippen molar-refractivity contribution in [3.63, 3.8) is 0 Å². The lowest BCUT2D eigenvalue weighted by atomic mass is 9.58. The van der Waals surface area contributed by atoms with Crippen LogP contribution in [0.15, 0.2) is 22.7 Å². The molecule has 0 spiro atoms. The standard InChI is InChI=1S/C20H25BrClNO4/c1-20(2,3)27-19(25)23-10-11-7-15(13-6-5-12(21)8-16(13)22)14(11)9-17(23)18(24)26-4/h5-6,8,11,14-15,17H,7,9-10H2,1-4H3/t11?,14?,15?,17-/m0/s1. The number of benzene rings is 1.